The molecule has 0 aromatic carbocycles. The molecule has 0 unspecified atom stereocenters. The molecule has 0 fully saturated rings. The van der Waals surface area contributed by atoms with Gasteiger partial charge in [0, 0.05) is 40.9 Å². The van der Waals surface area contributed by atoms with Crippen molar-refractivity contribution in [3.8, 4) is 0 Å². The zero-order chi connectivity index (χ0) is 15.8. The molecule has 0 aliphatic rings. The van der Waals surface area contributed by atoms with Gasteiger partial charge in [0.25, 0.3) is 0 Å². The van der Waals surface area contributed by atoms with E-state index in [0.717, 1.165) is 42.8 Å². The first-order valence-electron chi connectivity index (χ1n) is 7.29. The zero-order valence-electron chi connectivity index (χ0n) is 13.3. The van der Waals surface area contributed by atoms with Crippen LogP contribution in [0.5, 0.6) is 0 Å². The fourth-order valence-corrected chi connectivity index (χ4v) is 4.51. The van der Waals surface area contributed by atoms with Crippen LogP contribution in [0.3, 0.4) is 0 Å². The maximum Gasteiger partial charge on any atom is 0.184 e. The Labute approximate surface area is 144 Å². The van der Waals surface area contributed by atoms with E-state index in [-0.39, 0.29) is 0 Å². The van der Waals surface area contributed by atoms with Gasteiger partial charge < -0.3 is 15.5 Å². The van der Waals surface area contributed by atoms with E-state index in [1.807, 2.05) is 23.1 Å². The smallest absolute Gasteiger partial charge is 0.184 e. The molecule has 0 aliphatic carbocycles. The highest BCUT2D eigenvalue weighted by Crippen LogP contribution is 2.23. The molecular formula is C14H23N5S3. The van der Waals surface area contributed by atoms with Gasteiger partial charge >= 0.3 is 0 Å². The van der Waals surface area contributed by atoms with Gasteiger partial charge in [-0.05, 0) is 33.2 Å². The van der Waals surface area contributed by atoms with Crippen LogP contribution < -0.4 is 10.6 Å². The lowest BCUT2D eigenvalue weighted by molar-refractivity contribution is 0.406. The Morgan fingerprint density at radius 2 is 1.86 bits per heavy atom. The summed E-state index contributed by atoms with van der Waals surface area (Å²) in [7, 11) is 4.21. The predicted molar refractivity (Wildman–Crippen MR) is 100 cm³/mol. The third kappa shape index (κ3) is 5.75. The van der Waals surface area contributed by atoms with Gasteiger partial charge in [-0.1, -0.05) is 0 Å². The first-order valence-corrected chi connectivity index (χ1v) is 9.99. The van der Waals surface area contributed by atoms with Crippen LogP contribution in [-0.4, -0.2) is 46.6 Å². The summed E-state index contributed by atoms with van der Waals surface area (Å²) < 4.78 is 8.49. The van der Waals surface area contributed by atoms with Crippen molar-refractivity contribution < 1.29 is 0 Å². The van der Waals surface area contributed by atoms with Crippen LogP contribution in [0.4, 0.5) is 11.6 Å². The van der Waals surface area contributed by atoms with Crippen LogP contribution in [0.15, 0.2) is 12.1 Å². The molecule has 2 aromatic rings. The minimum atomic E-state index is 0.864. The van der Waals surface area contributed by atoms with Crippen LogP contribution in [0, 0.1) is 0 Å². The second-order valence-electron chi connectivity index (χ2n) is 5.08. The van der Waals surface area contributed by atoms with Crippen LogP contribution >= 0.6 is 34.8 Å². The molecular weight excluding hydrogens is 334 g/mol. The Hall–Kier alpha value is -0.830. The highest BCUT2D eigenvalue weighted by Gasteiger charge is 2.06. The van der Waals surface area contributed by atoms with Crippen molar-refractivity contribution in [1.82, 2.24) is 13.6 Å². The van der Waals surface area contributed by atoms with E-state index in [0.29, 0.717) is 0 Å². The van der Waals surface area contributed by atoms with Crippen LogP contribution in [0.25, 0.3) is 0 Å². The number of aromatic nitrogens is 2. The van der Waals surface area contributed by atoms with Gasteiger partial charge in [0.05, 0.1) is 11.7 Å². The minimum Gasteiger partial charge on any atom is -0.366 e. The van der Waals surface area contributed by atoms with Gasteiger partial charge in [0.2, 0.25) is 0 Å². The molecule has 2 aromatic heterocycles. The van der Waals surface area contributed by atoms with Gasteiger partial charge in [0.15, 0.2) is 11.6 Å². The number of anilines is 2. The van der Waals surface area contributed by atoms with Crippen LogP contribution in [0.1, 0.15) is 16.7 Å². The maximum atomic E-state index is 4.27. The van der Waals surface area contributed by atoms with Crippen LogP contribution in [-0.2, 0) is 12.3 Å². The Kier molecular flexibility index (Phi) is 7.44. The molecule has 2 heterocycles. The lowest BCUT2D eigenvalue weighted by Crippen LogP contribution is -2.09. The van der Waals surface area contributed by atoms with Crippen molar-refractivity contribution in [2.45, 2.75) is 19.2 Å². The number of thioether (sulfide) groups is 1. The predicted octanol–water partition coefficient (Wildman–Crippen LogP) is 3.44. The summed E-state index contributed by atoms with van der Waals surface area (Å²) in [5.41, 5.74) is 0. The SMILES string of the molecule is CCNc1nsnc1NCCSCc1ccc(CN(C)C)s1. The molecule has 0 atom stereocenters. The first kappa shape index (κ1) is 17.5. The standard InChI is InChI=1S/C14H23N5S3/c1-4-15-13-14(18-22-17-13)16-7-8-20-10-12-6-5-11(21-12)9-19(2)3/h5-6H,4,7-10H2,1-3H3,(H,15,17)(H,16,18). The average molecular weight is 358 g/mol. The average Bonchev–Trinajstić information content (AvgIpc) is 3.08. The quantitative estimate of drug-likeness (QED) is 0.635. The lowest BCUT2D eigenvalue weighted by Gasteiger charge is -2.06. The van der Waals surface area contributed by atoms with Crippen LogP contribution in [0.2, 0.25) is 0 Å². The summed E-state index contributed by atoms with van der Waals surface area (Å²) >= 11 is 5.10. The molecule has 8 heteroatoms. The van der Waals surface area contributed by atoms with E-state index in [1.165, 1.54) is 21.5 Å². The van der Waals surface area contributed by atoms with E-state index < -0.39 is 0 Å². The molecule has 0 spiro atoms. The fraction of sp³-hybridized carbons (Fsp3) is 0.571. The first-order chi connectivity index (χ1) is 10.7. The van der Waals surface area contributed by atoms with Gasteiger partial charge in [0.1, 0.15) is 0 Å². The summed E-state index contributed by atoms with van der Waals surface area (Å²) in [5.74, 6) is 3.88. The Morgan fingerprint density at radius 3 is 2.59 bits per heavy atom. The van der Waals surface area contributed by atoms with Crippen molar-refractivity contribution in [2.75, 3.05) is 43.6 Å². The van der Waals surface area contributed by atoms with Gasteiger partial charge in [-0.25, -0.2) is 0 Å². The minimum absolute atomic E-state index is 0.864. The third-order valence-corrected chi connectivity index (χ3v) is 5.59. The second-order valence-corrected chi connectivity index (χ2v) is 7.96. The number of hydrogen-bond acceptors (Lipinski definition) is 8. The molecule has 22 heavy (non-hydrogen) atoms. The molecule has 0 aliphatic heterocycles. The monoisotopic (exact) mass is 357 g/mol. The van der Waals surface area contributed by atoms with E-state index in [1.54, 1.807) is 0 Å². The van der Waals surface area contributed by atoms with E-state index in [2.05, 4.69) is 57.4 Å². The van der Waals surface area contributed by atoms with Crippen molar-refractivity contribution in [2.24, 2.45) is 0 Å². The summed E-state index contributed by atoms with van der Waals surface area (Å²) in [4.78, 5) is 5.09. The number of rotatable bonds is 10. The molecule has 5 nitrogen and oxygen atoms in total. The Morgan fingerprint density at radius 1 is 1.14 bits per heavy atom. The molecule has 0 radical (unpaired) electrons. The van der Waals surface area contributed by atoms with Crippen molar-refractivity contribution in [1.29, 1.82) is 0 Å². The van der Waals surface area contributed by atoms with Gasteiger partial charge in [-0.2, -0.15) is 20.5 Å². The van der Waals surface area contributed by atoms with E-state index in [4.69, 9.17) is 0 Å². The highest BCUT2D eigenvalue weighted by atomic mass is 32.2. The largest absolute Gasteiger partial charge is 0.366 e. The maximum absolute atomic E-state index is 4.27. The summed E-state index contributed by atoms with van der Waals surface area (Å²) in [5, 5.41) is 6.55. The molecule has 122 valence electrons. The zero-order valence-corrected chi connectivity index (χ0v) is 15.7. The summed E-state index contributed by atoms with van der Waals surface area (Å²) in [6, 6.07) is 4.49. The molecule has 2 N–H and O–H groups in total. The molecule has 0 saturated carbocycles. The number of hydrogen-bond donors (Lipinski definition) is 2. The second kappa shape index (κ2) is 9.34. The third-order valence-electron chi connectivity index (χ3n) is 2.81. The van der Waals surface area contributed by atoms with Crippen molar-refractivity contribution in [3.63, 3.8) is 0 Å². The molecule has 0 amide bonds. The highest BCUT2D eigenvalue weighted by molar-refractivity contribution is 7.98. The lowest BCUT2D eigenvalue weighted by atomic mass is 10.4. The number of nitrogens with one attached hydrogen (secondary N) is 2. The topological polar surface area (TPSA) is 53.1 Å². The molecule has 2 rings (SSSR count). The molecule has 0 saturated heterocycles. The van der Waals surface area contributed by atoms with Gasteiger partial charge in [-0.3, -0.25) is 0 Å². The van der Waals surface area contributed by atoms with Crippen molar-refractivity contribution in [3.05, 3.63) is 21.9 Å². The fourth-order valence-electron chi connectivity index (χ4n) is 1.90. The van der Waals surface area contributed by atoms with Crippen molar-refractivity contribution >= 4 is 46.5 Å². The number of thiophene rings is 1. The Balaban J connectivity index is 1.64. The Bertz CT molecular complexity index is 552. The van der Waals surface area contributed by atoms with E-state index >= 15 is 0 Å². The summed E-state index contributed by atoms with van der Waals surface area (Å²) in [6.07, 6.45) is 0. The summed E-state index contributed by atoms with van der Waals surface area (Å²) in [6.45, 7) is 4.86. The van der Waals surface area contributed by atoms with E-state index in [9.17, 15) is 0 Å². The normalized spacial score (nSPS) is 11.1. The molecule has 0 bridgehead atoms. The number of nitrogens with zero attached hydrogens (tertiary/aromatic N) is 3. The van der Waals surface area contributed by atoms with Gasteiger partial charge in [-0.15, -0.1) is 11.3 Å².